The van der Waals surface area contributed by atoms with E-state index in [1.807, 2.05) is 11.3 Å². The summed E-state index contributed by atoms with van der Waals surface area (Å²) in [4.78, 5) is 3.09. The second-order valence-electron chi connectivity index (χ2n) is 5.75. The van der Waals surface area contributed by atoms with Crippen molar-refractivity contribution in [1.82, 2.24) is 5.32 Å². The van der Waals surface area contributed by atoms with Crippen LogP contribution in [0.25, 0.3) is 0 Å². The van der Waals surface area contributed by atoms with Crippen LogP contribution in [-0.2, 0) is 12.2 Å². The fraction of sp³-hybridized carbons (Fsp3) is 0.444. The van der Waals surface area contributed by atoms with Crippen LogP contribution < -0.4 is 5.32 Å². The Labute approximate surface area is 136 Å². The van der Waals surface area contributed by atoms with Gasteiger partial charge in [0.15, 0.2) is 0 Å². The van der Waals surface area contributed by atoms with Crippen LogP contribution in [0.3, 0.4) is 0 Å². The van der Waals surface area contributed by atoms with E-state index >= 15 is 0 Å². The van der Waals surface area contributed by atoms with Gasteiger partial charge in [-0.1, -0.05) is 30.7 Å². The molecule has 3 rings (SSSR count). The normalized spacial score (nSPS) is 15.8. The molecule has 0 aliphatic carbocycles. The Morgan fingerprint density at radius 3 is 2.81 bits per heavy atom. The van der Waals surface area contributed by atoms with Crippen molar-refractivity contribution >= 4 is 23.1 Å². The third kappa shape index (κ3) is 3.20. The highest BCUT2D eigenvalue weighted by molar-refractivity contribution is 7.98. The summed E-state index contributed by atoms with van der Waals surface area (Å²) in [5.74, 6) is 2.47. The van der Waals surface area contributed by atoms with Gasteiger partial charge in [0.25, 0.3) is 0 Å². The monoisotopic (exact) mass is 317 g/mol. The highest BCUT2D eigenvalue weighted by Crippen LogP contribution is 2.37. The zero-order valence-electron chi connectivity index (χ0n) is 13.0. The Kier molecular flexibility index (Phi) is 4.72. The van der Waals surface area contributed by atoms with Crippen molar-refractivity contribution in [1.29, 1.82) is 0 Å². The Bertz CT molecular complexity index is 607. The number of rotatable bonds is 4. The fourth-order valence-corrected chi connectivity index (χ4v) is 5.50. The predicted molar refractivity (Wildman–Crippen MR) is 95.6 cm³/mol. The van der Waals surface area contributed by atoms with Crippen LogP contribution in [0.5, 0.6) is 0 Å². The second-order valence-corrected chi connectivity index (χ2v) is 8.02. The largest absolute Gasteiger partial charge is 0.306 e. The smallest absolute Gasteiger partial charge is 0.0673 e. The van der Waals surface area contributed by atoms with Gasteiger partial charge in [-0.15, -0.1) is 11.3 Å². The number of nitrogens with one attached hydrogen (secondary N) is 1. The molecule has 0 amide bonds. The third-order valence-electron chi connectivity index (χ3n) is 4.08. The Morgan fingerprint density at radius 1 is 1.24 bits per heavy atom. The quantitative estimate of drug-likeness (QED) is 0.865. The number of benzene rings is 1. The van der Waals surface area contributed by atoms with E-state index in [1.54, 1.807) is 10.4 Å². The molecule has 1 aliphatic rings. The van der Waals surface area contributed by atoms with Crippen molar-refractivity contribution in [2.75, 3.05) is 12.3 Å². The topological polar surface area (TPSA) is 12.0 Å². The highest BCUT2D eigenvalue weighted by atomic mass is 32.2. The first-order valence-corrected chi connectivity index (χ1v) is 9.66. The van der Waals surface area contributed by atoms with Gasteiger partial charge in [-0.2, -0.15) is 11.8 Å². The van der Waals surface area contributed by atoms with Crippen molar-refractivity contribution in [3.05, 3.63) is 56.3 Å². The minimum Gasteiger partial charge on any atom is -0.306 e. The maximum absolute atomic E-state index is 3.69. The molecular formula is C18H23NS2. The average molecular weight is 318 g/mol. The molecule has 1 aromatic carbocycles. The van der Waals surface area contributed by atoms with Gasteiger partial charge in [0.05, 0.1) is 6.04 Å². The summed E-state index contributed by atoms with van der Waals surface area (Å²) in [7, 11) is 0. The van der Waals surface area contributed by atoms with Gasteiger partial charge in [0, 0.05) is 15.5 Å². The number of hydrogen-bond acceptors (Lipinski definition) is 3. The molecule has 1 aliphatic heterocycles. The van der Waals surface area contributed by atoms with Crippen molar-refractivity contribution in [2.24, 2.45) is 0 Å². The van der Waals surface area contributed by atoms with E-state index in [9.17, 15) is 0 Å². The van der Waals surface area contributed by atoms with Crippen LogP contribution in [0.1, 0.15) is 45.0 Å². The zero-order valence-corrected chi connectivity index (χ0v) is 14.7. The summed E-state index contributed by atoms with van der Waals surface area (Å²) < 4.78 is 0. The van der Waals surface area contributed by atoms with Crippen LogP contribution in [-0.4, -0.2) is 12.3 Å². The molecule has 2 heterocycles. The van der Waals surface area contributed by atoms with Crippen molar-refractivity contribution in [2.45, 2.75) is 39.0 Å². The first kappa shape index (κ1) is 15.1. The number of thioether (sulfide) groups is 1. The van der Waals surface area contributed by atoms with Gasteiger partial charge < -0.3 is 5.32 Å². The van der Waals surface area contributed by atoms with E-state index in [4.69, 9.17) is 0 Å². The molecule has 2 aromatic rings. The fourth-order valence-electron chi connectivity index (χ4n) is 3.03. The molecule has 0 radical (unpaired) electrons. The van der Waals surface area contributed by atoms with E-state index in [0.29, 0.717) is 6.04 Å². The molecule has 1 atom stereocenters. The van der Waals surface area contributed by atoms with E-state index in [-0.39, 0.29) is 0 Å². The summed E-state index contributed by atoms with van der Waals surface area (Å²) >= 11 is 4.08. The maximum Gasteiger partial charge on any atom is 0.0673 e. The Balaban J connectivity index is 1.99. The van der Waals surface area contributed by atoms with Crippen LogP contribution in [0.4, 0.5) is 0 Å². The lowest BCUT2D eigenvalue weighted by atomic mass is 9.97. The highest BCUT2D eigenvalue weighted by Gasteiger charge is 2.21. The number of hydrogen-bond donors (Lipinski definition) is 1. The number of thiophene rings is 1. The van der Waals surface area contributed by atoms with E-state index in [0.717, 1.165) is 6.54 Å². The number of fused-ring (bicyclic) bond motifs is 1. The molecule has 0 saturated carbocycles. The van der Waals surface area contributed by atoms with Gasteiger partial charge >= 0.3 is 0 Å². The lowest BCUT2D eigenvalue weighted by Gasteiger charge is -2.19. The minimum absolute atomic E-state index is 0.344. The van der Waals surface area contributed by atoms with Crippen molar-refractivity contribution in [3.63, 3.8) is 0 Å². The van der Waals surface area contributed by atoms with Gasteiger partial charge in [-0.05, 0) is 55.3 Å². The molecule has 0 bridgehead atoms. The van der Waals surface area contributed by atoms with Gasteiger partial charge in [0.2, 0.25) is 0 Å². The zero-order chi connectivity index (χ0) is 14.8. The molecule has 0 saturated heterocycles. The molecule has 3 heteroatoms. The lowest BCUT2D eigenvalue weighted by molar-refractivity contribution is 0.636. The third-order valence-corrected chi connectivity index (χ3v) is 6.39. The van der Waals surface area contributed by atoms with Crippen LogP contribution >= 0.6 is 23.1 Å². The molecule has 1 unspecified atom stereocenters. The molecule has 1 nitrogen and oxygen atoms in total. The Hall–Kier alpha value is -0.770. The van der Waals surface area contributed by atoms with Gasteiger partial charge in [-0.3, -0.25) is 0 Å². The van der Waals surface area contributed by atoms with Crippen LogP contribution in [0.15, 0.2) is 24.3 Å². The van der Waals surface area contributed by atoms with E-state index in [2.05, 4.69) is 62.1 Å². The molecule has 1 aromatic heterocycles. The summed E-state index contributed by atoms with van der Waals surface area (Å²) in [5.41, 5.74) is 5.72. The summed E-state index contributed by atoms with van der Waals surface area (Å²) in [6.45, 7) is 7.59. The maximum atomic E-state index is 3.69. The summed E-state index contributed by atoms with van der Waals surface area (Å²) in [6, 6.07) is 9.61. The Morgan fingerprint density at radius 2 is 2.10 bits per heavy atom. The standard InChI is InChI=1S/C18H23NS2/c1-4-19-18(15-6-5-12(2)9-13(15)3)17-10-14-11-20-8-7-16(14)21-17/h5-6,9-10,18-19H,4,7-8,11H2,1-3H3. The predicted octanol–water partition coefficient (Wildman–Crippen LogP) is 4.85. The second kappa shape index (κ2) is 6.55. The average Bonchev–Trinajstić information content (AvgIpc) is 2.89. The molecule has 0 fully saturated rings. The first-order valence-electron chi connectivity index (χ1n) is 7.68. The van der Waals surface area contributed by atoms with Gasteiger partial charge in [0.1, 0.15) is 0 Å². The minimum atomic E-state index is 0.344. The van der Waals surface area contributed by atoms with Crippen molar-refractivity contribution < 1.29 is 0 Å². The molecular weight excluding hydrogens is 294 g/mol. The van der Waals surface area contributed by atoms with Crippen molar-refractivity contribution in [3.8, 4) is 0 Å². The molecule has 21 heavy (non-hydrogen) atoms. The molecule has 1 N–H and O–H groups in total. The summed E-state index contributed by atoms with van der Waals surface area (Å²) in [5, 5.41) is 3.69. The van der Waals surface area contributed by atoms with Gasteiger partial charge in [-0.25, -0.2) is 0 Å². The van der Waals surface area contributed by atoms with Crippen LogP contribution in [0, 0.1) is 13.8 Å². The molecule has 0 spiro atoms. The lowest BCUT2D eigenvalue weighted by Crippen LogP contribution is -2.22. The SMILES string of the molecule is CCNC(c1cc2c(s1)CCSC2)c1ccc(C)cc1C. The summed E-state index contributed by atoms with van der Waals surface area (Å²) in [6.07, 6.45) is 1.25. The van der Waals surface area contributed by atoms with E-state index < -0.39 is 0 Å². The number of aryl methyl sites for hydroxylation is 3. The van der Waals surface area contributed by atoms with E-state index in [1.165, 1.54) is 39.5 Å². The first-order chi connectivity index (χ1) is 10.2. The van der Waals surface area contributed by atoms with Crippen LogP contribution in [0.2, 0.25) is 0 Å². The molecule has 112 valence electrons.